The zero-order valence-corrected chi connectivity index (χ0v) is 14.0. The Labute approximate surface area is 127 Å². The molecular formula is C15H25N3O2S. The van der Waals surface area contributed by atoms with Crippen molar-refractivity contribution in [3.63, 3.8) is 0 Å². The second kappa shape index (κ2) is 5.94. The van der Waals surface area contributed by atoms with Crippen LogP contribution in [0.1, 0.15) is 30.9 Å². The van der Waals surface area contributed by atoms with Gasteiger partial charge in [0.05, 0.1) is 4.90 Å². The van der Waals surface area contributed by atoms with Gasteiger partial charge in [0, 0.05) is 17.8 Å². The molecule has 0 amide bonds. The van der Waals surface area contributed by atoms with Gasteiger partial charge in [-0.05, 0) is 70.5 Å². The maximum Gasteiger partial charge on any atom is 0.241 e. The van der Waals surface area contributed by atoms with E-state index in [2.05, 4.69) is 23.6 Å². The van der Waals surface area contributed by atoms with Gasteiger partial charge in [0.1, 0.15) is 0 Å². The van der Waals surface area contributed by atoms with Gasteiger partial charge < -0.3 is 10.6 Å². The zero-order chi connectivity index (χ0) is 15.8. The van der Waals surface area contributed by atoms with E-state index in [1.54, 1.807) is 26.0 Å². The fourth-order valence-electron chi connectivity index (χ4n) is 3.08. The number of hydrogen-bond acceptors (Lipinski definition) is 4. The highest BCUT2D eigenvalue weighted by Crippen LogP contribution is 2.24. The number of likely N-dealkylation sites (tertiary alicyclic amines) is 1. The summed E-state index contributed by atoms with van der Waals surface area (Å²) < 4.78 is 28.2. The van der Waals surface area contributed by atoms with Crippen molar-refractivity contribution < 1.29 is 8.42 Å². The Morgan fingerprint density at radius 2 is 1.86 bits per heavy atom. The third-order valence-corrected chi connectivity index (χ3v) is 6.11. The SMILES string of the molecule is Cc1cc(N)cc(C)c1S(=O)(=O)NC1CCN(C)C(C)C1. The van der Waals surface area contributed by atoms with E-state index >= 15 is 0 Å². The lowest BCUT2D eigenvalue weighted by atomic mass is 10.0. The standard InChI is InChI=1S/C15H25N3O2S/c1-10-7-13(16)8-11(2)15(10)21(19,20)17-14-5-6-18(4)12(3)9-14/h7-8,12,14,17H,5-6,9,16H2,1-4H3. The van der Waals surface area contributed by atoms with E-state index in [0.717, 1.165) is 19.4 Å². The highest BCUT2D eigenvalue weighted by Gasteiger charge is 2.28. The predicted molar refractivity (Wildman–Crippen MR) is 85.8 cm³/mol. The summed E-state index contributed by atoms with van der Waals surface area (Å²) in [5.41, 5.74) is 7.75. The molecule has 2 atom stereocenters. The summed E-state index contributed by atoms with van der Waals surface area (Å²) >= 11 is 0. The van der Waals surface area contributed by atoms with Gasteiger partial charge in [0.2, 0.25) is 10.0 Å². The van der Waals surface area contributed by atoms with Crippen molar-refractivity contribution >= 4 is 15.7 Å². The second-order valence-electron chi connectivity index (χ2n) is 6.16. The van der Waals surface area contributed by atoms with Crippen molar-refractivity contribution in [2.24, 2.45) is 0 Å². The number of rotatable bonds is 3. The van der Waals surface area contributed by atoms with E-state index in [1.807, 2.05) is 0 Å². The number of nitrogens with zero attached hydrogens (tertiary/aromatic N) is 1. The average molecular weight is 311 g/mol. The van der Waals surface area contributed by atoms with Crippen LogP contribution in [0.5, 0.6) is 0 Å². The first-order valence-electron chi connectivity index (χ1n) is 7.30. The molecule has 0 radical (unpaired) electrons. The molecule has 1 aromatic rings. The molecule has 1 heterocycles. The molecule has 1 saturated heterocycles. The maximum atomic E-state index is 12.7. The summed E-state index contributed by atoms with van der Waals surface area (Å²) in [6.45, 7) is 6.61. The predicted octanol–water partition coefficient (Wildman–Crippen LogP) is 1.65. The number of nitrogens with two attached hydrogens (primary N) is 1. The molecule has 1 aliphatic heterocycles. The lowest BCUT2D eigenvalue weighted by Crippen LogP contribution is -2.47. The third kappa shape index (κ3) is 3.56. The fourth-order valence-corrected chi connectivity index (χ4v) is 4.82. The van der Waals surface area contributed by atoms with E-state index in [0.29, 0.717) is 27.8 Å². The number of aryl methyl sites for hydroxylation is 2. The molecule has 5 nitrogen and oxygen atoms in total. The van der Waals surface area contributed by atoms with Crippen LogP contribution in [0.2, 0.25) is 0 Å². The summed E-state index contributed by atoms with van der Waals surface area (Å²) in [5.74, 6) is 0. The van der Waals surface area contributed by atoms with Gasteiger partial charge in [0.15, 0.2) is 0 Å². The average Bonchev–Trinajstić information content (AvgIpc) is 2.31. The van der Waals surface area contributed by atoms with Crippen molar-refractivity contribution in [3.8, 4) is 0 Å². The molecule has 1 aliphatic rings. The van der Waals surface area contributed by atoms with Gasteiger partial charge >= 0.3 is 0 Å². The van der Waals surface area contributed by atoms with Crippen LogP contribution in [0.4, 0.5) is 5.69 Å². The summed E-state index contributed by atoms with van der Waals surface area (Å²) in [5, 5.41) is 0. The number of hydrogen-bond donors (Lipinski definition) is 2. The molecule has 21 heavy (non-hydrogen) atoms. The van der Waals surface area contributed by atoms with Crippen molar-refractivity contribution in [2.45, 2.75) is 50.6 Å². The molecule has 0 spiro atoms. The van der Waals surface area contributed by atoms with Gasteiger partial charge in [0.25, 0.3) is 0 Å². The van der Waals surface area contributed by atoms with E-state index in [9.17, 15) is 8.42 Å². The number of sulfonamides is 1. The van der Waals surface area contributed by atoms with E-state index < -0.39 is 10.0 Å². The Kier molecular flexibility index (Phi) is 4.60. The van der Waals surface area contributed by atoms with Crippen LogP contribution in [0, 0.1) is 13.8 Å². The molecule has 3 N–H and O–H groups in total. The van der Waals surface area contributed by atoms with Gasteiger partial charge in [-0.15, -0.1) is 0 Å². The van der Waals surface area contributed by atoms with Gasteiger partial charge in [-0.2, -0.15) is 0 Å². The number of piperidine rings is 1. The molecule has 0 bridgehead atoms. The molecule has 1 aromatic carbocycles. The molecule has 6 heteroatoms. The van der Waals surface area contributed by atoms with Crippen LogP contribution in [0.3, 0.4) is 0 Å². The van der Waals surface area contributed by atoms with E-state index in [1.165, 1.54) is 0 Å². The Morgan fingerprint density at radius 1 is 1.29 bits per heavy atom. The Balaban J connectivity index is 2.24. The van der Waals surface area contributed by atoms with E-state index in [-0.39, 0.29) is 6.04 Å². The molecule has 2 unspecified atom stereocenters. The third-order valence-electron chi connectivity index (χ3n) is 4.28. The Morgan fingerprint density at radius 3 is 2.38 bits per heavy atom. The number of nitrogen functional groups attached to an aromatic ring is 1. The van der Waals surface area contributed by atoms with Crippen molar-refractivity contribution in [3.05, 3.63) is 23.3 Å². The lowest BCUT2D eigenvalue weighted by molar-refractivity contribution is 0.178. The molecule has 0 aliphatic carbocycles. The summed E-state index contributed by atoms with van der Waals surface area (Å²) in [6.07, 6.45) is 1.68. The van der Waals surface area contributed by atoms with Crippen LogP contribution >= 0.6 is 0 Å². The first kappa shape index (κ1) is 16.3. The number of nitrogens with one attached hydrogen (secondary N) is 1. The fraction of sp³-hybridized carbons (Fsp3) is 0.600. The molecule has 118 valence electrons. The molecule has 2 rings (SSSR count). The van der Waals surface area contributed by atoms with Crippen LogP contribution in [0.25, 0.3) is 0 Å². The topological polar surface area (TPSA) is 75.4 Å². The number of anilines is 1. The smallest absolute Gasteiger partial charge is 0.241 e. The van der Waals surface area contributed by atoms with E-state index in [4.69, 9.17) is 5.73 Å². The highest BCUT2D eigenvalue weighted by molar-refractivity contribution is 7.89. The zero-order valence-electron chi connectivity index (χ0n) is 13.2. The van der Waals surface area contributed by atoms with Gasteiger partial charge in [-0.25, -0.2) is 13.1 Å². The number of benzene rings is 1. The Bertz CT molecular complexity index is 605. The van der Waals surface area contributed by atoms with Gasteiger partial charge in [-0.3, -0.25) is 0 Å². The largest absolute Gasteiger partial charge is 0.399 e. The van der Waals surface area contributed by atoms with Crippen molar-refractivity contribution in [2.75, 3.05) is 19.3 Å². The first-order chi connectivity index (χ1) is 9.70. The van der Waals surface area contributed by atoms with Crippen molar-refractivity contribution in [1.29, 1.82) is 0 Å². The minimum Gasteiger partial charge on any atom is -0.399 e. The normalized spacial score (nSPS) is 24.2. The summed E-state index contributed by atoms with van der Waals surface area (Å²) in [7, 11) is -1.43. The van der Waals surface area contributed by atoms with Crippen LogP contribution < -0.4 is 10.5 Å². The molecule has 0 aromatic heterocycles. The van der Waals surface area contributed by atoms with Crippen molar-refractivity contribution in [1.82, 2.24) is 9.62 Å². The lowest BCUT2D eigenvalue weighted by Gasteiger charge is -2.35. The molecular weight excluding hydrogens is 286 g/mol. The Hall–Kier alpha value is -1.11. The summed E-state index contributed by atoms with van der Waals surface area (Å²) in [6, 6.07) is 3.80. The molecule has 1 fully saturated rings. The highest BCUT2D eigenvalue weighted by atomic mass is 32.2. The maximum absolute atomic E-state index is 12.7. The summed E-state index contributed by atoms with van der Waals surface area (Å²) in [4.78, 5) is 2.62. The first-order valence-corrected chi connectivity index (χ1v) is 8.78. The van der Waals surface area contributed by atoms with Crippen LogP contribution in [-0.2, 0) is 10.0 Å². The van der Waals surface area contributed by atoms with Crippen LogP contribution in [0.15, 0.2) is 17.0 Å². The molecule has 0 saturated carbocycles. The quantitative estimate of drug-likeness (QED) is 0.832. The van der Waals surface area contributed by atoms with Crippen LogP contribution in [-0.4, -0.2) is 39.0 Å². The minimum atomic E-state index is -3.50. The monoisotopic (exact) mass is 311 g/mol. The second-order valence-corrected chi connectivity index (χ2v) is 7.81. The minimum absolute atomic E-state index is 0.00227. The van der Waals surface area contributed by atoms with Gasteiger partial charge in [-0.1, -0.05) is 0 Å².